The fourth-order valence-electron chi connectivity index (χ4n) is 5.16. The summed E-state index contributed by atoms with van der Waals surface area (Å²) in [7, 11) is 0. The third-order valence-electron chi connectivity index (χ3n) is 6.99. The second-order valence-corrected chi connectivity index (χ2v) is 9.20. The van der Waals surface area contributed by atoms with E-state index in [-0.39, 0.29) is 11.4 Å². The van der Waals surface area contributed by atoms with Crippen molar-refractivity contribution in [1.29, 1.82) is 0 Å². The first kappa shape index (κ1) is 24.0. The summed E-state index contributed by atoms with van der Waals surface area (Å²) in [4.78, 5) is 26.4. The summed E-state index contributed by atoms with van der Waals surface area (Å²) in [6.07, 6.45) is 0. The molecule has 0 spiro atoms. The third-order valence-corrected chi connectivity index (χ3v) is 6.99. The Hall–Kier alpha value is -5.37. The van der Waals surface area contributed by atoms with Gasteiger partial charge in [-0.05, 0) is 55.0 Å². The lowest BCUT2D eigenvalue weighted by atomic mass is 9.98. The summed E-state index contributed by atoms with van der Waals surface area (Å²) in [5.74, 6) is 0. The van der Waals surface area contributed by atoms with Crippen LogP contribution in [-0.4, -0.2) is 19.4 Å². The van der Waals surface area contributed by atoms with Crippen LogP contribution in [-0.2, 0) is 6.54 Å². The molecule has 8 nitrogen and oxygen atoms in total. The zero-order chi connectivity index (χ0) is 27.1. The smallest absolute Gasteiger partial charge is 0.269 e. The Labute approximate surface area is 223 Å². The molecule has 0 saturated heterocycles. The molecule has 0 aliphatic rings. The van der Waals surface area contributed by atoms with E-state index in [2.05, 4.69) is 35.8 Å². The quantitative estimate of drug-likeness (QED) is 0.165. The van der Waals surface area contributed by atoms with Gasteiger partial charge in [0.1, 0.15) is 0 Å². The van der Waals surface area contributed by atoms with Crippen LogP contribution in [0.3, 0.4) is 0 Å². The first-order valence-corrected chi connectivity index (χ1v) is 12.5. The molecular weight excluding hydrogens is 492 g/mol. The van der Waals surface area contributed by atoms with Crippen LogP contribution >= 0.6 is 0 Å². The van der Waals surface area contributed by atoms with E-state index in [1.165, 1.54) is 29.7 Å². The van der Waals surface area contributed by atoms with Gasteiger partial charge in [-0.25, -0.2) is 4.98 Å². The zero-order valence-corrected chi connectivity index (χ0v) is 20.9. The van der Waals surface area contributed by atoms with E-state index in [0.29, 0.717) is 11.4 Å². The highest BCUT2D eigenvalue weighted by Crippen LogP contribution is 2.38. The summed E-state index contributed by atoms with van der Waals surface area (Å²) in [6.45, 7) is 2.91. The van der Waals surface area contributed by atoms with Crippen LogP contribution in [0.25, 0.3) is 55.4 Å². The molecule has 2 heterocycles. The first-order valence-electron chi connectivity index (χ1n) is 12.5. The lowest BCUT2D eigenvalue weighted by Gasteiger charge is -2.13. The largest absolute Gasteiger partial charge is 0.340 e. The minimum absolute atomic E-state index is 0.00253. The molecule has 0 unspecified atom stereocenters. The van der Waals surface area contributed by atoms with Crippen molar-refractivity contribution in [3.63, 3.8) is 0 Å². The maximum atomic E-state index is 11.2. The number of nitro groups is 2. The zero-order valence-electron chi connectivity index (χ0n) is 20.9. The van der Waals surface area contributed by atoms with Gasteiger partial charge in [-0.2, -0.15) is 0 Å². The highest BCUT2D eigenvalue weighted by Gasteiger charge is 2.17. The van der Waals surface area contributed by atoms with Gasteiger partial charge >= 0.3 is 0 Å². The van der Waals surface area contributed by atoms with E-state index >= 15 is 0 Å². The van der Waals surface area contributed by atoms with Crippen molar-refractivity contribution >= 4 is 33.2 Å². The molecule has 190 valence electrons. The van der Waals surface area contributed by atoms with Crippen molar-refractivity contribution in [2.75, 3.05) is 0 Å². The molecule has 0 aliphatic heterocycles. The molecule has 0 N–H and O–H groups in total. The minimum atomic E-state index is -0.430. The average molecular weight is 515 g/mol. The summed E-state index contributed by atoms with van der Waals surface area (Å²) in [6, 6.07) is 31.2. The molecule has 0 aliphatic carbocycles. The molecule has 0 radical (unpaired) electrons. The molecule has 4 aromatic carbocycles. The van der Waals surface area contributed by atoms with Crippen LogP contribution in [0.5, 0.6) is 0 Å². The van der Waals surface area contributed by atoms with Gasteiger partial charge < -0.3 is 4.57 Å². The fourth-order valence-corrected chi connectivity index (χ4v) is 5.16. The highest BCUT2D eigenvalue weighted by atomic mass is 16.6. The summed E-state index contributed by atoms with van der Waals surface area (Å²) >= 11 is 0. The van der Waals surface area contributed by atoms with E-state index < -0.39 is 9.85 Å². The average Bonchev–Trinajstić information content (AvgIpc) is 3.31. The number of rotatable bonds is 6. The second kappa shape index (κ2) is 9.50. The molecule has 0 saturated carbocycles. The predicted octanol–water partition coefficient (Wildman–Crippen LogP) is 8.03. The second-order valence-electron chi connectivity index (χ2n) is 9.20. The molecule has 6 rings (SSSR count). The van der Waals surface area contributed by atoms with Gasteiger partial charge in [0.2, 0.25) is 0 Å². The van der Waals surface area contributed by atoms with Gasteiger partial charge in [0, 0.05) is 63.8 Å². The molecule has 0 amide bonds. The maximum absolute atomic E-state index is 11.2. The molecule has 2 aromatic heterocycles. The van der Waals surface area contributed by atoms with Crippen LogP contribution in [0.1, 0.15) is 6.92 Å². The topological polar surface area (TPSA) is 104 Å². The molecular formula is C31H22N4O4. The Balaban J connectivity index is 1.61. The number of non-ortho nitro benzene ring substituents is 2. The Morgan fingerprint density at radius 1 is 0.667 bits per heavy atom. The van der Waals surface area contributed by atoms with Gasteiger partial charge in [-0.15, -0.1) is 0 Å². The number of aromatic nitrogens is 2. The predicted molar refractivity (Wildman–Crippen MR) is 153 cm³/mol. The van der Waals surface area contributed by atoms with Crippen molar-refractivity contribution in [2.24, 2.45) is 0 Å². The van der Waals surface area contributed by atoms with E-state index in [1.807, 2.05) is 30.3 Å². The number of pyridine rings is 1. The normalized spacial score (nSPS) is 11.2. The van der Waals surface area contributed by atoms with Crippen LogP contribution in [0.2, 0.25) is 0 Å². The summed E-state index contributed by atoms with van der Waals surface area (Å²) in [5.41, 5.74) is 6.97. The van der Waals surface area contributed by atoms with Crippen LogP contribution in [0.15, 0.2) is 103 Å². The third kappa shape index (κ3) is 4.18. The van der Waals surface area contributed by atoms with Gasteiger partial charge in [-0.1, -0.05) is 36.4 Å². The van der Waals surface area contributed by atoms with Gasteiger partial charge in [0.25, 0.3) is 11.4 Å². The number of hydrogen-bond donors (Lipinski definition) is 0. The SMILES string of the molecule is CCn1c2ccccc2c2cccc(-c3cc(-c4ccc([N+](=O)[O-])cc4)nc(-c4ccc([N+](=O)[O-])cc4)c3)c21. The van der Waals surface area contributed by atoms with Crippen LogP contribution in [0.4, 0.5) is 11.4 Å². The highest BCUT2D eigenvalue weighted by molar-refractivity contribution is 6.12. The van der Waals surface area contributed by atoms with Crippen LogP contribution in [0, 0.1) is 20.2 Å². The Bertz CT molecular complexity index is 1820. The Morgan fingerprint density at radius 2 is 1.21 bits per heavy atom. The molecule has 8 heteroatoms. The number of nitro benzene ring substituents is 2. The number of para-hydroxylation sites is 2. The lowest BCUT2D eigenvalue weighted by Crippen LogP contribution is -1.96. The number of benzene rings is 4. The van der Waals surface area contributed by atoms with E-state index in [0.717, 1.165) is 45.2 Å². The maximum Gasteiger partial charge on any atom is 0.269 e. The van der Waals surface area contributed by atoms with Crippen molar-refractivity contribution in [3.05, 3.63) is 123 Å². The fraction of sp³-hybridized carbons (Fsp3) is 0.0645. The minimum Gasteiger partial charge on any atom is -0.340 e. The van der Waals surface area contributed by atoms with Crippen molar-refractivity contribution in [1.82, 2.24) is 9.55 Å². The number of aryl methyl sites for hydroxylation is 1. The first-order chi connectivity index (χ1) is 18.9. The van der Waals surface area contributed by atoms with E-state index in [4.69, 9.17) is 4.98 Å². The van der Waals surface area contributed by atoms with Crippen molar-refractivity contribution in [3.8, 4) is 33.6 Å². The Morgan fingerprint density at radius 3 is 1.74 bits per heavy atom. The van der Waals surface area contributed by atoms with Crippen molar-refractivity contribution < 1.29 is 9.85 Å². The standard InChI is InChI=1S/C31H22N4O4/c1-2-33-30-9-4-3-6-26(30)27-8-5-7-25(31(27)33)22-18-28(20-10-14-23(15-11-20)34(36)37)32-29(19-22)21-12-16-24(17-13-21)35(38)39/h3-19H,2H2,1H3. The Kier molecular flexibility index (Phi) is 5.84. The van der Waals surface area contributed by atoms with Gasteiger partial charge in [-0.3, -0.25) is 20.2 Å². The monoisotopic (exact) mass is 514 g/mol. The summed E-state index contributed by atoms with van der Waals surface area (Å²) < 4.78 is 2.30. The van der Waals surface area contributed by atoms with E-state index in [9.17, 15) is 20.2 Å². The summed E-state index contributed by atoms with van der Waals surface area (Å²) in [5, 5.41) is 24.7. The lowest BCUT2D eigenvalue weighted by molar-refractivity contribution is -0.385. The number of nitrogens with zero attached hydrogens (tertiary/aromatic N) is 4. The number of fused-ring (bicyclic) bond motifs is 3. The van der Waals surface area contributed by atoms with Gasteiger partial charge in [0.05, 0.1) is 26.8 Å². The van der Waals surface area contributed by atoms with Crippen LogP contribution < -0.4 is 0 Å². The molecule has 6 aromatic rings. The number of hydrogen-bond acceptors (Lipinski definition) is 5. The molecule has 39 heavy (non-hydrogen) atoms. The van der Waals surface area contributed by atoms with Gasteiger partial charge in [0.15, 0.2) is 0 Å². The molecule has 0 bridgehead atoms. The molecule has 0 atom stereocenters. The molecule has 0 fully saturated rings. The van der Waals surface area contributed by atoms with Crippen molar-refractivity contribution in [2.45, 2.75) is 13.5 Å². The van der Waals surface area contributed by atoms with E-state index in [1.54, 1.807) is 24.3 Å².